The molecule has 3 N–H and O–H groups in total. The van der Waals surface area contributed by atoms with Gasteiger partial charge in [0, 0.05) is 13.1 Å². The van der Waals surface area contributed by atoms with Gasteiger partial charge in [-0.1, -0.05) is 11.3 Å². The zero-order chi connectivity index (χ0) is 20.1. The van der Waals surface area contributed by atoms with Crippen molar-refractivity contribution in [3.63, 3.8) is 0 Å². The summed E-state index contributed by atoms with van der Waals surface area (Å²) >= 11 is 4.34. The molecule has 0 atom stereocenters. The lowest BCUT2D eigenvalue weighted by Gasteiger charge is -2.25. The van der Waals surface area contributed by atoms with Crippen molar-refractivity contribution in [2.24, 2.45) is 0 Å². The maximum absolute atomic E-state index is 12.3. The fourth-order valence-electron chi connectivity index (χ4n) is 2.39. The third kappa shape index (κ3) is 5.09. The molecule has 1 fully saturated rings. The van der Waals surface area contributed by atoms with E-state index in [2.05, 4.69) is 42.0 Å². The van der Waals surface area contributed by atoms with Crippen LogP contribution in [0.15, 0.2) is 21.2 Å². The summed E-state index contributed by atoms with van der Waals surface area (Å²) < 4.78 is 10.8. The lowest BCUT2D eigenvalue weighted by Crippen LogP contribution is -2.46. The van der Waals surface area contributed by atoms with Crippen LogP contribution < -0.4 is 21.1 Å². The normalized spacial score (nSPS) is 13.9. The van der Waals surface area contributed by atoms with Gasteiger partial charge in [-0.2, -0.15) is 0 Å². The Labute approximate surface area is 172 Å². The van der Waals surface area contributed by atoms with E-state index in [1.54, 1.807) is 13.0 Å². The van der Waals surface area contributed by atoms with E-state index in [1.807, 2.05) is 0 Å². The fourth-order valence-corrected chi connectivity index (χ4v) is 3.71. The second-order valence-corrected chi connectivity index (χ2v) is 7.56. The number of nitrogens with one attached hydrogen (secondary N) is 3. The van der Waals surface area contributed by atoms with Crippen molar-refractivity contribution in [2.75, 3.05) is 37.7 Å². The quantitative estimate of drug-likeness (QED) is 0.551. The van der Waals surface area contributed by atoms with E-state index in [-0.39, 0.29) is 12.3 Å². The molecule has 2 aromatic rings. The molecule has 10 nitrogen and oxygen atoms in total. The largest absolute Gasteiger partial charge is 0.444 e. The molecule has 1 saturated heterocycles. The number of morpholine rings is 1. The molecule has 150 valence electrons. The molecule has 0 aromatic carbocycles. The van der Waals surface area contributed by atoms with E-state index in [4.69, 9.17) is 9.15 Å². The van der Waals surface area contributed by atoms with Gasteiger partial charge in [-0.25, -0.2) is 4.98 Å². The van der Waals surface area contributed by atoms with Crippen molar-refractivity contribution in [1.82, 2.24) is 21.2 Å². The molecule has 28 heavy (non-hydrogen) atoms. The minimum Gasteiger partial charge on any atom is -0.444 e. The summed E-state index contributed by atoms with van der Waals surface area (Å²) in [6.45, 7) is 4.10. The topological polar surface area (TPSA) is 126 Å². The molecular weight excluding hydrogens is 454 g/mol. The van der Waals surface area contributed by atoms with Crippen LogP contribution in [0.25, 0.3) is 0 Å². The van der Waals surface area contributed by atoms with Crippen molar-refractivity contribution in [3.05, 3.63) is 33.1 Å². The van der Waals surface area contributed by atoms with Crippen LogP contribution in [0.1, 0.15) is 25.9 Å². The molecule has 0 radical (unpaired) electrons. The molecule has 0 saturated carbocycles. The molecule has 1 aliphatic heterocycles. The number of furan rings is 1. The molecule has 3 amide bonds. The van der Waals surface area contributed by atoms with Crippen LogP contribution in [0, 0.1) is 6.92 Å². The summed E-state index contributed by atoms with van der Waals surface area (Å²) in [4.78, 5) is 42.9. The number of hydrogen-bond donors (Lipinski definition) is 3. The summed E-state index contributed by atoms with van der Waals surface area (Å²) in [5, 5.41) is 3.13. The number of carbonyl (C=O) groups excluding carboxylic acids is 3. The smallest absolute Gasteiger partial charge is 0.287 e. The van der Waals surface area contributed by atoms with Crippen molar-refractivity contribution in [2.45, 2.75) is 6.92 Å². The van der Waals surface area contributed by atoms with E-state index in [0.29, 0.717) is 28.5 Å². The van der Waals surface area contributed by atoms with Gasteiger partial charge < -0.3 is 19.4 Å². The predicted molar refractivity (Wildman–Crippen MR) is 104 cm³/mol. The van der Waals surface area contributed by atoms with Crippen molar-refractivity contribution >= 4 is 50.1 Å². The highest BCUT2D eigenvalue weighted by molar-refractivity contribution is 9.10. The van der Waals surface area contributed by atoms with E-state index < -0.39 is 17.7 Å². The first kappa shape index (κ1) is 20.3. The highest BCUT2D eigenvalue weighted by Crippen LogP contribution is 2.26. The summed E-state index contributed by atoms with van der Waals surface area (Å²) in [5.41, 5.74) is 5.17. The average molecular weight is 472 g/mol. The van der Waals surface area contributed by atoms with E-state index in [0.717, 1.165) is 18.2 Å². The molecule has 1 aliphatic rings. The maximum Gasteiger partial charge on any atom is 0.287 e. The summed E-state index contributed by atoms with van der Waals surface area (Å²) in [6, 6.07) is 3.04. The average Bonchev–Trinajstić information content (AvgIpc) is 3.30. The van der Waals surface area contributed by atoms with Crippen LogP contribution in [0.3, 0.4) is 0 Å². The Morgan fingerprint density at radius 2 is 1.96 bits per heavy atom. The number of halogens is 1. The third-order valence-electron chi connectivity index (χ3n) is 3.80. The van der Waals surface area contributed by atoms with Crippen LogP contribution in [0.2, 0.25) is 0 Å². The summed E-state index contributed by atoms with van der Waals surface area (Å²) in [7, 11) is 0. The molecule has 0 bridgehead atoms. The number of aryl methyl sites for hydroxylation is 1. The number of nitrogens with zero attached hydrogens (tertiary/aromatic N) is 2. The van der Waals surface area contributed by atoms with E-state index in [1.165, 1.54) is 17.4 Å². The van der Waals surface area contributed by atoms with Gasteiger partial charge in [-0.3, -0.25) is 25.2 Å². The van der Waals surface area contributed by atoms with Crippen molar-refractivity contribution in [3.8, 4) is 0 Å². The standard InChI is InChI=1S/C16H18BrN5O5S/c1-9-13(28-16(19-9)22-4-6-26-7-5-22)15(25)21-20-12(23)8-18-14(24)10-2-3-11(17)27-10/h2-3H,4-8H2,1H3,(H,18,24)(H,20,23)(H,21,25). The number of ether oxygens (including phenoxy) is 1. The highest BCUT2D eigenvalue weighted by atomic mass is 79.9. The number of anilines is 1. The summed E-state index contributed by atoms with van der Waals surface area (Å²) in [5.74, 6) is -1.52. The molecule has 0 spiro atoms. The Balaban J connectivity index is 1.47. The van der Waals surface area contributed by atoms with Gasteiger partial charge in [-0.15, -0.1) is 0 Å². The zero-order valence-corrected chi connectivity index (χ0v) is 17.3. The monoisotopic (exact) mass is 471 g/mol. The first-order valence-electron chi connectivity index (χ1n) is 8.37. The highest BCUT2D eigenvalue weighted by Gasteiger charge is 2.21. The second-order valence-electron chi connectivity index (χ2n) is 5.80. The van der Waals surface area contributed by atoms with Gasteiger partial charge in [0.15, 0.2) is 15.6 Å². The van der Waals surface area contributed by atoms with Gasteiger partial charge in [0.05, 0.1) is 25.5 Å². The number of aromatic nitrogens is 1. The fraction of sp³-hybridized carbons (Fsp3) is 0.375. The van der Waals surface area contributed by atoms with E-state index >= 15 is 0 Å². The Morgan fingerprint density at radius 1 is 1.21 bits per heavy atom. The molecular formula is C16H18BrN5O5S. The SMILES string of the molecule is Cc1nc(N2CCOCC2)sc1C(=O)NNC(=O)CNC(=O)c1ccc(Br)o1. The molecule has 0 aliphatic carbocycles. The molecule has 0 unspecified atom stereocenters. The van der Waals surface area contributed by atoms with Gasteiger partial charge in [0.1, 0.15) is 4.88 Å². The number of rotatable bonds is 5. The predicted octanol–water partition coefficient (Wildman–Crippen LogP) is 0.835. The van der Waals surface area contributed by atoms with Crippen LogP contribution in [-0.2, 0) is 9.53 Å². The van der Waals surface area contributed by atoms with Gasteiger partial charge in [-0.05, 0) is 35.0 Å². The van der Waals surface area contributed by atoms with Gasteiger partial charge in [0.25, 0.3) is 17.7 Å². The molecule has 3 heterocycles. The number of amides is 3. The van der Waals surface area contributed by atoms with Gasteiger partial charge >= 0.3 is 0 Å². The molecule has 3 rings (SSSR count). The Morgan fingerprint density at radius 3 is 2.64 bits per heavy atom. The lowest BCUT2D eigenvalue weighted by molar-refractivity contribution is -0.120. The van der Waals surface area contributed by atoms with Gasteiger partial charge in [0.2, 0.25) is 0 Å². The Bertz CT molecular complexity index is 877. The number of thiazole rings is 1. The number of hydrogen-bond acceptors (Lipinski definition) is 8. The van der Waals surface area contributed by atoms with Crippen LogP contribution in [-0.4, -0.2) is 55.6 Å². The van der Waals surface area contributed by atoms with Crippen LogP contribution in [0.4, 0.5) is 5.13 Å². The number of hydrazine groups is 1. The number of carbonyl (C=O) groups is 3. The maximum atomic E-state index is 12.3. The second kappa shape index (κ2) is 9.17. The first-order valence-corrected chi connectivity index (χ1v) is 9.98. The van der Waals surface area contributed by atoms with Crippen molar-refractivity contribution in [1.29, 1.82) is 0 Å². The van der Waals surface area contributed by atoms with Crippen molar-refractivity contribution < 1.29 is 23.5 Å². The zero-order valence-electron chi connectivity index (χ0n) is 14.9. The minimum atomic E-state index is -0.581. The Kier molecular flexibility index (Phi) is 6.65. The Hall–Kier alpha value is -2.44. The first-order chi connectivity index (χ1) is 13.4. The molecule has 2 aromatic heterocycles. The van der Waals surface area contributed by atoms with E-state index in [9.17, 15) is 14.4 Å². The van der Waals surface area contributed by atoms with Crippen LogP contribution >= 0.6 is 27.3 Å². The lowest BCUT2D eigenvalue weighted by atomic mass is 10.4. The summed E-state index contributed by atoms with van der Waals surface area (Å²) in [6.07, 6.45) is 0. The molecule has 12 heteroatoms. The van der Waals surface area contributed by atoms with Crippen LogP contribution in [0.5, 0.6) is 0 Å². The third-order valence-corrected chi connectivity index (χ3v) is 5.44. The minimum absolute atomic E-state index is 0.0691.